The number of amides is 1. The Labute approximate surface area is 218 Å². The summed E-state index contributed by atoms with van der Waals surface area (Å²) in [5, 5.41) is 31.4. The Balaban J connectivity index is 1.82. The molecule has 2 aliphatic heterocycles. The van der Waals surface area contributed by atoms with Crippen LogP contribution in [-0.2, 0) is 17.8 Å². The average Bonchev–Trinajstić information content (AvgIpc) is 3.11. The zero-order chi connectivity index (χ0) is 26.6. The normalized spacial score (nSPS) is 22.1. The molecule has 1 aromatic carbocycles. The highest BCUT2D eigenvalue weighted by atomic mass is 32.2. The molecule has 2 aliphatic rings. The standard InChI is InChI=1S/C28H39NO6S/c1-17(2)8-6-9-18(3)10-7-12-28(4)24(31)15-20-23(30)14-19-21(25(20)35-28)16-29(26(19)32)22(27(33)34)11-13-36-5/h8,10,14,22,24,30-31H,6-7,9,11-13,15-16H2,1-5H3,(H,33,34). The minimum absolute atomic E-state index is 0.106. The molecule has 0 fully saturated rings. The number of aliphatic carboxylic acids is 1. The fourth-order valence-electron chi connectivity index (χ4n) is 4.91. The summed E-state index contributed by atoms with van der Waals surface area (Å²) >= 11 is 1.53. The van der Waals surface area contributed by atoms with Crippen molar-refractivity contribution in [1.82, 2.24) is 4.90 Å². The third-order valence-corrected chi connectivity index (χ3v) is 7.85. The number of hydrogen-bond donors (Lipinski definition) is 3. The van der Waals surface area contributed by atoms with Crippen LogP contribution in [0.3, 0.4) is 0 Å². The highest BCUT2D eigenvalue weighted by Gasteiger charge is 2.45. The number of aliphatic hydroxyl groups excluding tert-OH is 1. The number of phenolic OH excluding ortho intramolecular Hbond substituents is 1. The number of hydrogen-bond acceptors (Lipinski definition) is 6. The molecular formula is C28H39NO6S. The molecule has 1 aromatic rings. The van der Waals surface area contributed by atoms with Gasteiger partial charge < -0.3 is 25.0 Å². The van der Waals surface area contributed by atoms with Crippen molar-refractivity contribution in [2.24, 2.45) is 0 Å². The molecule has 0 spiro atoms. The largest absolute Gasteiger partial charge is 0.508 e. The van der Waals surface area contributed by atoms with Gasteiger partial charge in [0.2, 0.25) is 0 Å². The number of aliphatic hydroxyl groups is 1. The van der Waals surface area contributed by atoms with Crippen molar-refractivity contribution in [2.75, 3.05) is 12.0 Å². The van der Waals surface area contributed by atoms with E-state index in [4.69, 9.17) is 4.74 Å². The van der Waals surface area contributed by atoms with Crippen molar-refractivity contribution in [3.8, 4) is 11.5 Å². The zero-order valence-electron chi connectivity index (χ0n) is 22.0. The summed E-state index contributed by atoms with van der Waals surface area (Å²) in [7, 11) is 0. The molecule has 36 heavy (non-hydrogen) atoms. The van der Waals surface area contributed by atoms with Crippen molar-refractivity contribution in [3.63, 3.8) is 0 Å². The van der Waals surface area contributed by atoms with E-state index in [1.165, 1.54) is 33.9 Å². The number of aromatic hydroxyl groups is 1. The monoisotopic (exact) mass is 517 g/mol. The lowest BCUT2D eigenvalue weighted by Crippen LogP contribution is -2.49. The van der Waals surface area contributed by atoms with Gasteiger partial charge in [-0.3, -0.25) is 4.79 Å². The molecule has 0 aliphatic carbocycles. The molecule has 3 atom stereocenters. The summed E-state index contributed by atoms with van der Waals surface area (Å²) in [5.74, 6) is -0.542. The van der Waals surface area contributed by atoms with Crippen LogP contribution in [0.2, 0.25) is 0 Å². The van der Waals surface area contributed by atoms with Crippen LogP contribution in [0.25, 0.3) is 0 Å². The van der Waals surface area contributed by atoms with E-state index in [0.717, 1.165) is 19.3 Å². The predicted octanol–water partition coefficient (Wildman–Crippen LogP) is 5.08. The Morgan fingerprint density at radius 2 is 2.00 bits per heavy atom. The van der Waals surface area contributed by atoms with Gasteiger partial charge in [-0.1, -0.05) is 23.3 Å². The second-order valence-electron chi connectivity index (χ2n) is 10.3. The Morgan fingerprint density at radius 1 is 1.28 bits per heavy atom. The van der Waals surface area contributed by atoms with Gasteiger partial charge in [-0.2, -0.15) is 11.8 Å². The summed E-state index contributed by atoms with van der Waals surface area (Å²) < 4.78 is 6.39. The molecule has 0 saturated heterocycles. The van der Waals surface area contributed by atoms with Crippen LogP contribution in [0.5, 0.6) is 11.5 Å². The van der Waals surface area contributed by atoms with Crippen LogP contribution in [0.4, 0.5) is 0 Å². The topological polar surface area (TPSA) is 107 Å². The minimum Gasteiger partial charge on any atom is -0.508 e. The highest BCUT2D eigenvalue weighted by molar-refractivity contribution is 7.98. The van der Waals surface area contributed by atoms with Gasteiger partial charge in [0.05, 0.1) is 18.2 Å². The first kappa shape index (κ1) is 28.1. The van der Waals surface area contributed by atoms with Crippen LogP contribution in [-0.4, -0.2) is 61.9 Å². The second-order valence-corrected chi connectivity index (χ2v) is 11.3. The molecular weight excluding hydrogens is 478 g/mol. The second kappa shape index (κ2) is 11.7. The summed E-state index contributed by atoms with van der Waals surface area (Å²) in [6, 6.07) is 0.441. The van der Waals surface area contributed by atoms with Crippen LogP contribution in [0.15, 0.2) is 29.4 Å². The average molecular weight is 518 g/mol. The van der Waals surface area contributed by atoms with Crippen LogP contribution in [0.1, 0.15) is 81.3 Å². The Morgan fingerprint density at radius 3 is 2.64 bits per heavy atom. The quantitative estimate of drug-likeness (QED) is 0.351. The van der Waals surface area contributed by atoms with Crippen molar-refractivity contribution in [2.45, 2.75) is 90.5 Å². The van der Waals surface area contributed by atoms with Gasteiger partial charge in [-0.15, -0.1) is 0 Å². The molecule has 198 valence electrons. The highest BCUT2D eigenvalue weighted by Crippen LogP contribution is 2.46. The Bertz CT molecular complexity index is 1060. The molecule has 2 heterocycles. The first-order chi connectivity index (χ1) is 17.0. The van der Waals surface area contributed by atoms with Gasteiger partial charge in [0.15, 0.2) is 0 Å². The maximum Gasteiger partial charge on any atom is 0.326 e. The van der Waals surface area contributed by atoms with Crippen molar-refractivity contribution in [1.29, 1.82) is 0 Å². The van der Waals surface area contributed by atoms with Crippen molar-refractivity contribution >= 4 is 23.6 Å². The number of allylic oxidation sites excluding steroid dienone is 4. The predicted molar refractivity (Wildman–Crippen MR) is 143 cm³/mol. The van der Waals surface area contributed by atoms with E-state index in [0.29, 0.717) is 35.5 Å². The van der Waals surface area contributed by atoms with Gasteiger partial charge in [0.25, 0.3) is 5.91 Å². The number of phenols is 1. The van der Waals surface area contributed by atoms with Gasteiger partial charge in [-0.25, -0.2) is 4.79 Å². The smallest absolute Gasteiger partial charge is 0.326 e. The zero-order valence-corrected chi connectivity index (χ0v) is 22.8. The van der Waals surface area contributed by atoms with Crippen LogP contribution in [0, 0.1) is 0 Å². The molecule has 0 aromatic heterocycles. The summed E-state index contributed by atoms with van der Waals surface area (Å²) in [5.41, 5.74) is 3.03. The van der Waals surface area contributed by atoms with Crippen LogP contribution >= 0.6 is 11.8 Å². The van der Waals surface area contributed by atoms with E-state index in [2.05, 4.69) is 32.9 Å². The summed E-state index contributed by atoms with van der Waals surface area (Å²) in [4.78, 5) is 26.5. The van der Waals surface area contributed by atoms with E-state index >= 15 is 0 Å². The van der Waals surface area contributed by atoms with Gasteiger partial charge in [0, 0.05) is 17.5 Å². The third-order valence-electron chi connectivity index (χ3n) is 7.20. The summed E-state index contributed by atoms with van der Waals surface area (Å²) in [6.45, 7) is 8.25. The number of fused-ring (bicyclic) bond motifs is 3. The van der Waals surface area contributed by atoms with E-state index in [9.17, 15) is 24.9 Å². The van der Waals surface area contributed by atoms with Crippen LogP contribution < -0.4 is 4.74 Å². The molecule has 8 heteroatoms. The number of nitrogens with zero attached hydrogens (tertiary/aromatic N) is 1. The number of benzene rings is 1. The lowest BCUT2D eigenvalue weighted by Gasteiger charge is -2.41. The molecule has 0 saturated carbocycles. The first-order valence-corrected chi connectivity index (χ1v) is 13.9. The molecule has 3 N–H and O–H groups in total. The number of rotatable bonds is 11. The number of thioether (sulfide) groups is 1. The van der Waals surface area contributed by atoms with E-state index in [1.807, 2.05) is 13.2 Å². The minimum atomic E-state index is -1.05. The number of carboxylic acids is 1. The molecule has 3 rings (SSSR count). The number of ether oxygens (including phenoxy) is 1. The molecule has 0 bridgehead atoms. The maximum atomic E-state index is 13.2. The molecule has 7 nitrogen and oxygen atoms in total. The van der Waals surface area contributed by atoms with Crippen molar-refractivity contribution < 1.29 is 29.6 Å². The fourth-order valence-corrected chi connectivity index (χ4v) is 5.37. The van der Waals surface area contributed by atoms with Crippen molar-refractivity contribution in [3.05, 3.63) is 46.1 Å². The Hall–Kier alpha value is -2.45. The van der Waals surface area contributed by atoms with Gasteiger partial charge in [-0.05, 0) is 77.9 Å². The number of carbonyl (C=O) groups is 2. The number of carboxylic acid groups (broad SMARTS) is 1. The fraction of sp³-hybridized carbons (Fsp3) is 0.571. The molecule has 1 amide bonds. The number of carbonyl (C=O) groups excluding carboxylic acids is 1. The van der Waals surface area contributed by atoms with Gasteiger partial charge >= 0.3 is 5.97 Å². The maximum absolute atomic E-state index is 13.2. The lowest BCUT2D eigenvalue weighted by molar-refractivity contribution is -0.142. The van der Waals surface area contributed by atoms with E-state index in [-0.39, 0.29) is 24.3 Å². The Kier molecular flexibility index (Phi) is 9.17. The van der Waals surface area contributed by atoms with E-state index in [1.54, 1.807) is 0 Å². The van der Waals surface area contributed by atoms with E-state index < -0.39 is 29.6 Å². The molecule has 3 unspecified atom stereocenters. The third kappa shape index (κ3) is 6.09. The van der Waals surface area contributed by atoms with Gasteiger partial charge in [0.1, 0.15) is 23.1 Å². The summed E-state index contributed by atoms with van der Waals surface area (Å²) in [6.07, 6.45) is 9.29. The first-order valence-electron chi connectivity index (χ1n) is 12.5. The lowest BCUT2D eigenvalue weighted by atomic mass is 9.84. The SMILES string of the molecule is CSCCC(C(=O)O)N1Cc2c(cc(O)c3c2OC(C)(CCC=C(C)CCC=C(C)C)C(O)C3)C1=O. The molecule has 0 radical (unpaired) electrons.